The average Bonchev–Trinajstić information content (AvgIpc) is 3.45. The van der Waals surface area contributed by atoms with Crippen LogP contribution in [0.5, 0.6) is 0 Å². The van der Waals surface area contributed by atoms with Crippen LogP contribution in [0, 0.1) is 0 Å². The fourth-order valence-electron chi connectivity index (χ4n) is 2.90. The van der Waals surface area contributed by atoms with Crippen LogP contribution >= 0.6 is 23.4 Å². The quantitative estimate of drug-likeness (QED) is 0.483. The van der Waals surface area contributed by atoms with Crippen molar-refractivity contribution in [1.82, 2.24) is 15.1 Å². The van der Waals surface area contributed by atoms with Gasteiger partial charge >= 0.3 is 0 Å². The highest BCUT2D eigenvalue weighted by atomic mass is 35.5. The van der Waals surface area contributed by atoms with Gasteiger partial charge in [-0.25, -0.2) is 0 Å². The van der Waals surface area contributed by atoms with Gasteiger partial charge in [0, 0.05) is 33.7 Å². The molecular weight excluding hydrogens is 394 g/mol. The van der Waals surface area contributed by atoms with Crippen LogP contribution in [0.1, 0.15) is 25.2 Å². The number of amides is 1. The molecule has 5 nitrogen and oxygen atoms in total. The Hall–Kier alpha value is -2.31. The zero-order chi connectivity index (χ0) is 19.3. The number of hydrogen-bond acceptors (Lipinski definition) is 5. The van der Waals surface area contributed by atoms with Crippen molar-refractivity contribution in [3.63, 3.8) is 0 Å². The van der Waals surface area contributed by atoms with Crippen LogP contribution in [0.4, 0.5) is 0 Å². The first-order chi connectivity index (χ1) is 13.7. The van der Waals surface area contributed by atoms with Gasteiger partial charge < -0.3 is 9.32 Å². The molecule has 0 radical (unpaired) electrons. The highest BCUT2D eigenvalue weighted by Crippen LogP contribution is 2.30. The summed E-state index contributed by atoms with van der Waals surface area (Å²) in [6, 6.07) is 17.7. The number of halogens is 1. The minimum absolute atomic E-state index is 0.136. The molecule has 0 unspecified atom stereocenters. The lowest BCUT2D eigenvalue weighted by Crippen LogP contribution is -2.32. The molecule has 0 spiro atoms. The molecule has 2 aromatic carbocycles. The van der Waals surface area contributed by atoms with Crippen molar-refractivity contribution in [3.05, 3.63) is 65.5 Å². The van der Waals surface area contributed by atoms with Crippen LogP contribution in [-0.2, 0) is 11.3 Å². The van der Waals surface area contributed by atoms with Gasteiger partial charge in [-0.1, -0.05) is 29.8 Å². The van der Waals surface area contributed by atoms with E-state index < -0.39 is 0 Å². The Bertz CT molecular complexity index is 926. The first-order valence-electron chi connectivity index (χ1n) is 9.25. The topological polar surface area (TPSA) is 59.2 Å². The molecule has 0 saturated heterocycles. The lowest BCUT2D eigenvalue weighted by molar-refractivity contribution is -0.132. The van der Waals surface area contributed by atoms with E-state index in [1.165, 1.54) is 4.90 Å². The molecule has 1 aliphatic rings. The van der Waals surface area contributed by atoms with E-state index >= 15 is 0 Å². The van der Waals surface area contributed by atoms with E-state index in [-0.39, 0.29) is 5.91 Å². The van der Waals surface area contributed by atoms with Gasteiger partial charge in [0.2, 0.25) is 17.7 Å². The molecule has 0 N–H and O–H groups in total. The van der Waals surface area contributed by atoms with Gasteiger partial charge in [-0.05, 0) is 49.2 Å². The molecular formula is C21H20ClN3O2S. The summed E-state index contributed by atoms with van der Waals surface area (Å²) in [6.07, 6.45) is 2.57. The third kappa shape index (κ3) is 4.94. The van der Waals surface area contributed by atoms with Gasteiger partial charge in [0.15, 0.2) is 0 Å². The summed E-state index contributed by atoms with van der Waals surface area (Å²) in [6.45, 7) is 0.361. The van der Waals surface area contributed by atoms with E-state index in [0.29, 0.717) is 35.8 Å². The SMILES string of the molecule is O=C(CCSc1ccccc1)N(Cc1nnc(-c2ccc(Cl)cc2)o1)C1CC1. The predicted molar refractivity (Wildman–Crippen MR) is 110 cm³/mol. The monoisotopic (exact) mass is 413 g/mol. The van der Waals surface area contributed by atoms with Crippen LogP contribution in [0.3, 0.4) is 0 Å². The van der Waals surface area contributed by atoms with Gasteiger partial charge in [0.1, 0.15) is 0 Å². The summed E-state index contributed by atoms with van der Waals surface area (Å²) in [4.78, 5) is 15.8. The van der Waals surface area contributed by atoms with Crippen molar-refractivity contribution in [2.45, 2.75) is 36.7 Å². The predicted octanol–water partition coefficient (Wildman–Crippen LogP) is 5.06. The second-order valence-corrected chi connectivity index (χ2v) is 8.28. The lowest BCUT2D eigenvalue weighted by atomic mass is 10.2. The minimum atomic E-state index is 0.136. The maximum Gasteiger partial charge on any atom is 0.247 e. The Kier molecular flexibility index (Phi) is 5.98. The van der Waals surface area contributed by atoms with Gasteiger partial charge in [-0.2, -0.15) is 0 Å². The lowest BCUT2D eigenvalue weighted by Gasteiger charge is -2.20. The van der Waals surface area contributed by atoms with Crippen molar-refractivity contribution in [3.8, 4) is 11.5 Å². The van der Waals surface area contributed by atoms with Crippen molar-refractivity contribution in [1.29, 1.82) is 0 Å². The molecule has 1 aliphatic carbocycles. The number of rotatable bonds is 8. The van der Waals surface area contributed by atoms with Crippen molar-refractivity contribution in [2.75, 3.05) is 5.75 Å². The van der Waals surface area contributed by atoms with E-state index in [9.17, 15) is 4.79 Å². The number of carbonyl (C=O) groups is 1. The molecule has 28 heavy (non-hydrogen) atoms. The standard InChI is InChI=1S/C21H20ClN3O2S/c22-16-8-6-15(7-9-16)21-24-23-19(27-21)14-25(17-10-11-17)20(26)12-13-28-18-4-2-1-3-5-18/h1-9,17H,10-14H2. The third-order valence-electron chi connectivity index (χ3n) is 4.50. The summed E-state index contributed by atoms with van der Waals surface area (Å²) in [5, 5.41) is 8.89. The Morgan fingerprint density at radius 1 is 1.11 bits per heavy atom. The third-order valence-corrected chi connectivity index (χ3v) is 5.77. The molecule has 4 rings (SSSR count). The smallest absolute Gasteiger partial charge is 0.247 e. The number of thioether (sulfide) groups is 1. The normalized spacial score (nSPS) is 13.5. The molecule has 7 heteroatoms. The molecule has 1 aromatic heterocycles. The van der Waals surface area contributed by atoms with E-state index in [1.54, 1.807) is 23.9 Å². The zero-order valence-electron chi connectivity index (χ0n) is 15.3. The Morgan fingerprint density at radius 3 is 2.57 bits per heavy atom. The molecule has 0 aliphatic heterocycles. The fraction of sp³-hybridized carbons (Fsp3) is 0.286. The average molecular weight is 414 g/mol. The number of carbonyl (C=O) groups excluding carboxylic acids is 1. The first kappa shape index (κ1) is 19.0. The molecule has 1 saturated carbocycles. The molecule has 0 bridgehead atoms. The van der Waals surface area contributed by atoms with E-state index in [4.69, 9.17) is 16.0 Å². The van der Waals surface area contributed by atoms with Crippen LogP contribution < -0.4 is 0 Å². The van der Waals surface area contributed by atoms with Crippen LogP contribution in [0.25, 0.3) is 11.5 Å². The van der Waals surface area contributed by atoms with Gasteiger partial charge in [0.25, 0.3) is 0 Å². The summed E-state index contributed by atoms with van der Waals surface area (Å²) in [7, 11) is 0. The molecule has 0 atom stereocenters. The van der Waals surface area contributed by atoms with Crippen molar-refractivity contribution >= 4 is 29.3 Å². The largest absolute Gasteiger partial charge is 0.419 e. The van der Waals surface area contributed by atoms with E-state index in [2.05, 4.69) is 22.3 Å². The van der Waals surface area contributed by atoms with Gasteiger partial charge in [0.05, 0.1) is 6.54 Å². The number of hydrogen-bond donors (Lipinski definition) is 0. The number of aromatic nitrogens is 2. The summed E-state index contributed by atoms with van der Waals surface area (Å²) < 4.78 is 5.78. The fourth-order valence-corrected chi connectivity index (χ4v) is 3.88. The summed E-state index contributed by atoms with van der Waals surface area (Å²) >= 11 is 7.62. The molecule has 1 amide bonds. The molecule has 144 valence electrons. The maximum absolute atomic E-state index is 12.7. The highest BCUT2D eigenvalue weighted by Gasteiger charge is 2.33. The highest BCUT2D eigenvalue weighted by molar-refractivity contribution is 7.99. The molecule has 3 aromatic rings. The van der Waals surface area contributed by atoms with Crippen molar-refractivity contribution in [2.24, 2.45) is 0 Å². The first-order valence-corrected chi connectivity index (χ1v) is 10.6. The second kappa shape index (κ2) is 8.80. The Balaban J connectivity index is 1.36. The Labute approximate surface area is 173 Å². The number of nitrogens with zero attached hydrogens (tertiary/aromatic N) is 3. The summed E-state index contributed by atoms with van der Waals surface area (Å²) in [5.74, 6) is 1.79. The molecule has 1 fully saturated rings. The summed E-state index contributed by atoms with van der Waals surface area (Å²) in [5.41, 5.74) is 0.812. The minimum Gasteiger partial charge on any atom is -0.419 e. The van der Waals surface area contributed by atoms with Crippen molar-refractivity contribution < 1.29 is 9.21 Å². The van der Waals surface area contributed by atoms with Gasteiger partial charge in [-0.15, -0.1) is 22.0 Å². The second-order valence-electron chi connectivity index (χ2n) is 6.67. The molecule has 1 heterocycles. The van der Waals surface area contributed by atoms with Crippen LogP contribution in [0.2, 0.25) is 5.02 Å². The van der Waals surface area contributed by atoms with Crippen LogP contribution in [0.15, 0.2) is 63.9 Å². The van der Waals surface area contributed by atoms with Gasteiger partial charge in [-0.3, -0.25) is 4.79 Å². The number of benzene rings is 2. The Morgan fingerprint density at radius 2 is 1.86 bits per heavy atom. The van der Waals surface area contributed by atoms with E-state index in [1.807, 2.05) is 35.2 Å². The van der Waals surface area contributed by atoms with Crippen LogP contribution in [-0.4, -0.2) is 32.8 Å². The zero-order valence-corrected chi connectivity index (χ0v) is 16.8. The van der Waals surface area contributed by atoms with E-state index in [0.717, 1.165) is 24.2 Å². The maximum atomic E-state index is 12.7.